The molecule has 2 unspecified atom stereocenters. The van der Waals surface area contributed by atoms with Crippen LogP contribution in [0, 0.1) is 5.82 Å². The lowest BCUT2D eigenvalue weighted by atomic mass is 10.1. The van der Waals surface area contributed by atoms with Gasteiger partial charge in [0, 0.05) is 6.54 Å². The second-order valence-corrected chi connectivity index (χ2v) is 5.59. The van der Waals surface area contributed by atoms with Crippen LogP contribution >= 0.6 is 0 Å². The third-order valence-corrected chi connectivity index (χ3v) is 3.93. The van der Waals surface area contributed by atoms with Gasteiger partial charge in [-0.3, -0.25) is 4.79 Å². The van der Waals surface area contributed by atoms with Crippen LogP contribution in [0.3, 0.4) is 0 Å². The molecule has 1 aliphatic rings. The Hall–Kier alpha value is -2.18. The molecule has 1 aromatic carbocycles. The van der Waals surface area contributed by atoms with Crippen LogP contribution in [0.15, 0.2) is 40.8 Å². The fourth-order valence-corrected chi connectivity index (χ4v) is 2.61. The van der Waals surface area contributed by atoms with Crippen molar-refractivity contribution in [1.29, 1.82) is 0 Å². The summed E-state index contributed by atoms with van der Waals surface area (Å²) in [5, 5.41) is 9.20. The summed E-state index contributed by atoms with van der Waals surface area (Å²) in [5.41, 5.74) is 0.315. The van der Waals surface area contributed by atoms with Crippen LogP contribution in [0.2, 0.25) is 0 Å². The van der Waals surface area contributed by atoms with Crippen molar-refractivity contribution in [2.75, 3.05) is 19.8 Å². The summed E-state index contributed by atoms with van der Waals surface area (Å²) in [6.45, 7) is 2.38. The molecule has 0 saturated carbocycles. The first-order valence-corrected chi connectivity index (χ1v) is 7.48. The number of nitrogens with zero attached hydrogens (tertiary/aromatic N) is 1. The maximum atomic E-state index is 13.8. The number of rotatable bonds is 3. The van der Waals surface area contributed by atoms with Crippen molar-refractivity contribution in [3.05, 3.63) is 48.0 Å². The summed E-state index contributed by atoms with van der Waals surface area (Å²) in [6, 6.07) is 9.25. The maximum Gasteiger partial charge on any atom is 0.289 e. The first kappa shape index (κ1) is 15.7. The van der Waals surface area contributed by atoms with Gasteiger partial charge in [0.2, 0.25) is 0 Å². The number of halogens is 1. The summed E-state index contributed by atoms with van der Waals surface area (Å²) in [6.07, 6.45) is -0.392. The largest absolute Gasteiger partial charge is 0.451 e. The van der Waals surface area contributed by atoms with Gasteiger partial charge in [-0.25, -0.2) is 4.39 Å². The second kappa shape index (κ2) is 6.52. The second-order valence-electron chi connectivity index (χ2n) is 5.59. The predicted molar refractivity (Wildman–Crippen MR) is 81.4 cm³/mol. The molecular weight excluding hydrogens is 301 g/mol. The molecule has 0 bridgehead atoms. The van der Waals surface area contributed by atoms with Crippen molar-refractivity contribution in [2.45, 2.75) is 19.1 Å². The molecule has 23 heavy (non-hydrogen) atoms. The molecule has 122 valence electrons. The van der Waals surface area contributed by atoms with Crippen LogP contribution < -0.4 is 0 Å². The number of hydrogen-bond acceptors (Lipinski definition) is 4. The van der Waals surface area contributed by atoms with E-state index in [0.29, 0.717) is 24.5 Å². The molecule has 3 rings (SSSR count). The van der Waals surface area contributed by atoms with Gasteiger partial charge in [0.1, 0.15) is 11.6 Å². The zero-order valence-electron chi connectivity index (χ0n) is 12.7. The first-order chi connectivity index (χ1) is 11.1. The summed E-state index contributed by atoms with van der Waals surface area (Å²) < 4.78 is 24.8. The zero-order chi connectivity index (χ0) is 16.4. The fraction of sp³-hybridized carbons (Fsp3) is 0.353. The highest BCUT2D eigenvalue weighted by atomic mass is 19.1. The molecule has 1 amide bonds. The number of aliphatic hydroxyl groups excluding tert-OH is 1. The van der Waals surface area contributed by atoms with Gasteiger partial charge in [-0.2, -0.15) is 0 Å². The van der Waals surface area contributed by atoms with Crippen molar-refractivity contribution in [3.63, 3.8) is 0 Å². The molecule has 6 heteroatoms. The van der Waals surface area contributed by atoms with Gasteiger partial charge in [-0.1, -0.05) is 12.1 Å². The molecule has 1 aromatic heterocycles. The number of furan rings is 1. The van der Waals surface area contributed by atoms with Crippen molar-refractivity contribution in [3.8, 4) is 11.3 Å². The third-order valence-electron chi connectivity index (χ3n) is 3.93. The third kappa shape index (κ3) is 3.13. The number of benzene rings is 1. The molecule has 1 fully saturated rings. The van der Waals surface area contributed by atoms with E-state index in [-0.39, 0.29) is 24.3 Å². The van der Waals surface area contributed by atoms with E-state index >= 15 is 0 Å². The fourth-order valence-electron chi connectivity index (χ4n) is 2.61. The van der Waals surface area contributed by atoms with E-state index in [2.05, 4.69) is 0 Å². The molecule has 1 N–H and O–H groups in total. The molecule has 2 heterocycles. The SMILES string of the molecule is CC1COC(CO)CN1C(=O)c1ccc(-c2ccccc2F)o1. The molecule has 1 saturated heterocycles. The van der Waals surface area contributed by atoms with Crippen LogP contribution in [0.5, 0.6) is 0 Å². The van der Waals surface area contributed by atoms with E-state index in [0.717, 1.165) is 0 Å². The smallest absolute Gasteiger partial charge is 0.289 e. The highest BCUT2D eigenvalue weighted by Crippen LogP contribution is 2.26. The Morgan fingerprint density at radius 3 is 2.87 bits per heavy atom. The first-order valence-electron chi connectivity index (χ1n) is 7.48. The van der Waals surface area contributed by atoms with Crippen molar-refractivity contribution in [1.82, 2.24) is 4.90 Å². The monoisotopic (exact) mass is 319 g/mol. The van der Waals surface area contributed by atoms with Crippen LogP contribution in [-0.4, -0.2) is 47.8 Å². The Kier molecular flexibility index (Phi) is 4.45. The number of hydrogen-bond donors (Lipinski definition) is 1. The van der Waals surface area contributed by atoms with Crippen molar-refractivity contribution < 1.29 is 23.4 Å². The topological polar surface area (TPSA) is 62.9 Å². The van der Waals surface area contributed by atoms with Gasteiger partial charge in [-0.05, 0) is 31.2 Å². The van der Waals surface area contributed by atoms with E-state index in [1.165, 1.54) is 6.07 Å². The van der Waals surface area contributed by atoms with Crippen LogP contribution in [0.1, 0.15) is 17.5 Å². The lowest BCUT2D eigenvalue weighted by molar-refractivity contribution is -0.0673. The molecule has 1 aliphatic heterocycles. The molecule has 5 nitrogen and oxygen atoms in total. The van der Waals surface area contributed by atoms with Gasteiger partial charge in [0.15, 0.2) is 5.76 Å². The van der Waals surface area contributed by atoms with Crippen LogP contribution in [0.25, 0.3) is 11.3 Å². The van der Waals surface area contributed by atoms with Gasteiger partial charge >= 0.3 is 0 Å². The number of aliphatic hydroxyl groups is 1. The van der Waals surface area contributed by atoms with Gasteiger partial charge in [0.25, 0.3) is 5.91 Å². The van der Waals surface area contributed by atoms with E-state index in [9.17, 15) is 14.3 Å². The molecule has 2 atom stereocenters. The Morgan fingerprint density at radius 1 is 1.35 bits per heavy atom. The highest BCUT2D eigenvalue weighted by Gasteiger charge is 2.31. The Balaban J connectivity index is 1.82. The molecule has 2 aromatic rings. The van der Waals surface area contributed by atoms with Gasteiger partial charge in [0.05, 0.1) is 30.9 Å². The summed E-state index contributed by atoms with van der Waals surface area (Å²) in [5.74, 6) is -0.234. The minimum atomic E-state index is -0.402. The predicted octanol–water partition coefficient (Wildman–Crippen LogP) is 2.31. The number of morpholine rings is 1. The number of ether oxygens (including phenoxy) is 1. The minimum Gasteiger partial charge on any atom is -0.451 e. The van der Waals surface area contributed by atoms with Crippen molar-refractivity contribution in [2.24, 2.45) is 0 Å². The summed E-state index contributed by atoms with van der Waals surface area (Å²) >= 11 is 0. The average Bonchev–Trinajstić information content (AvgIpc) is 3.05. The molecule has 0 aliphatic carbocycles. The van der Waals surface area contributed by atoms with Crippen molar-refractivity contribution >= 4 is 5.91 Å². The lowest BCUT2D eigenvalue weighted by Crippen LogP contribution is -2.51. The van der Waals surface area contributed by atoms with E-state index in [1.54, 1.807) is 35.2 Å². The number of carbonyl (C=O) groups is 1. The molecule has 0 radical (unpaired) electrons. The number of amides is 1. The normalized spacial score (nSPS) is 21.4. The van der Waals surface area contributed by atoms with Gasteiger partial charge < -0.3 is 19.2 Å². The number of carbonyl (C=O) groups excluding carboxylic acids is 1. The molecular formula is C17H18FNO4. The lowest BCUT2D eigenvalue weighted by Gasteiger charge is -2.36. The van der Waals surface area contributed by atoms with E-state index < -0.39 is 11.9 Å². The Morgan fingerprint density at radius 2 is 2.13 bits per heavy atom. The highest BCUT2D eigenvalue weighted by molar-refractivity contribution is 5.92. The molecule has 0 spiro atoms. The minimum absolute atomic E-state index is 0.118. The standard InChI is InChI=1S/C17H18FNO4/c1-11-10-22-12(9-20)8-19(11)17(21)16-7-6-15(23-16)13-4-2-3-5-14(13)18/h2-7,11-12,20H,8-10H2,1H3. The average molecular weight is 319 g/mol. The Bertz CT molecular complexity index is 699. The quantitative estimate of drug-likeness (QED) is 0.943. The van der Waals surface area contributed by atoms with Crippen LogP contribution in [-0.2, 0) is 4.74 Å². The van der Waals surface area contributed by atoms with Crippen LogP contribution in [0.4, 0.5) is 4.39 Å². The summed E-state index contributed by atoms with van der Waals surface area (Å²) in [4.78, 5) is 14.2. The van der Waals surface area contributed by atoms with Gasteiger partial charge in [-0.15, -0.1) is 0 Å². The Labute approximate surface area is 133 Å². The zero-order valence-corrected chi connectivity index (χ0v) is 12.7. The maximum absolute atomic E-state index is 13.8. The summed E-state index contributed by atoms with van der Waals surface area (Å²) in [7, 11) is 0. The van der Waals surface area contributed by atoms with E-state index in [4.69, 9.17) is 9.15 Å². The van der Waals surface area contributed by atoms with E-state index in [1.807, 2.05) is 6.92 Å².